The van der Waals surface area contributed by atoms with Crippen LogP contribution in [0.15, 0.2) is 39.9 Å². The van der Waals surface area contributed by atoms with Crippen LogP contribution in [0.3, 0.4) is 0 Å². The number of carbonyl (C=O) groups excluding carboxylic acids is 1. The molecule has 1 amide bonds. The zero-order valence-corrected chi connectivity index (χ0v) is 14.3. The smallest absolute Gasteiger partial charge is 0.282 e. The lowest BCUT2D eigenvalue weighted by atomic mass is 10.1. The molecule has 0 atom stereocenters. The molecule has 0 aliphatic carbocycles. The Balaban J connectivity index is 1.91. The molecule has 0 unspecified atom stereocenters. The van der Waals surface area contributed by atoms with Crippen molar-refractivity contribution in [3.63, 3.8) is 0 Å². The van der Waals surface area contributed by atoms with Gasteiger partial charge >= 0.3 is 0 Å². The van der Waals surface area contributed by atoms with Crippen molar-refractivity contribution in [2.24, 2.45) is 16.0 Å². The summed E-state index contributed by atoms with van der Waals surface area (Å²) in [5.41, 5.74) is 1.02. The van der Waals surface area contributed by atoms with Crippen molar-refractivity contribution >= 4 is 51.4 Å². The number of nitrogens with one attached hydrogen (secondary N) is 1. The van der Waals surface area contributed by atoms with Gasteiger partial charge in [0.25, 0.3) is 5.91 Å². The molecule has 0 bridgehead atoms. The van der Waals surface area contributed by atoms with Crippen molar-refractivity contribution in [2.45, 2.75) is 20.3 Å². The average Bonchev–Trinajstić information content (AvgIpc) is 2.87. The zero-order valence-electron chi connectivity index (χ0n) is 12.7. The quantitative estimate of drug-likeness (QED) is 0.841. The minimum Gasteiger partial charge on any atom is -0.282 e. The van der Waals surface area contributed by atoms with E-state index in [0.717, 1.165) is 17.0 Å². The van der Waals surface area contributed by atoms with Gasteiger partial charge in [0.1, 0.15) is 5.04 Å². The summed E-state index contributed by atoms with van der Waals surface area (Å²) in [5, 5.41) is 16.1. The van der Waals surface area contributed by atoms with Crippen LogP contribution in [0.5, 0.6) is 0 Å². The molecule has 5 nitrogen and oxygen atoms in total. The van der Waals surface area contributed by atoms with Crippen molar-refractivity contribution in [3.8, 4) is 0 Å². The van der Waals surface area contributed by atoms with Crippen LogP contribution in [0.2, 0.25) is 5.02 Å². The van der Waals surface area contributed by atoms with E-state index in [9.17, 15) is 4.79 Å². The van der Waals surface area contributed by atoms with Gasteiger partial charge in [-0.05, 0) is 41.5 Å². The molecule has 0 saturated carbocycles. The third kappa shape index (κ3) is 3.38. The first-order chi connectivity index (χ1) is 10.9. The first kappa shape index (κ1) is 16.0. The molecule has 118 valence electrons. The summed E-state index contributed by atoms with van der Waals surface area (Å²) in [6.07, 6.45) is 2.44. The number of amidine groups is 2. The molecule has 2 aliphatic rings. The van der Waals surface area contributed by atoms with Gasteiger partial charge in [-0.2, -0.15) is 15.1 Å². The van der Waals surface area contributed by atoms with Crippen LogP contribution in [0, 0.1) is 11.3 Å². The molecule has 2 aliphatic heterocycles. The minimum atomic E-state index is -0.412. The summed E-state index contributed by atoms with van der Waals surface area (Å²) < 4.78 is 0. The Morgan fingerprint density at radius 1 is 1.35 bits per heavy atom. The molecule has 0 spiro atoms. The van der Waals surface area contributed by atoms with Gasteiger partial charge in [0.2, 0.25) is 5.17 Å². The van der Waals surface area contributed by atoms with E-state index in [1.54, 1.807) is 30.3 Å². The maximum atomic E-state index is 12.2. The van der Waals surface area contributed by atoms with Gasteiger partial charge in [-0.25, -0.2) is 0 Å². The number of hydrogen-bond donors (Lipinski definition) is 1. The number of amides is 1. The number of nitrogens with zero attached hydrogens (tertiary/aromatic N) is 3. The second-order valence-electron chi connectivity index (χ2n) is 5.66. The Morgan fingerprint density at radius 3 is 2.70 bits per heavy atom. The topological polar surface area (TPSA) is 68.9 Å². The zero-order chi connectivity index (χ0) is 16.6. The number of hydrogen-bond acceptors (Lipinski definition) is 4. The van der Waals surface area contributed by atoms with Gasteiger partial charge in [-0.1, -0.05) is 37.6 Å². The highest BCUT2D eigenvalue weighted by Crippen LogP contribution is 2.30. The molecule has 0 fully saturated rings. The first-order valence-corrected chi connectivity index (χ1v) is 8.38. The number of aliphatic imine (C=N–C) groups is 1. The van der Waals surface area contributed by atoms with Crippen molar-refractivity contribution in [3.05, 3.63) is 40.4 Å². The third-order valence-corrected chi connectivity index (χ3v) is 4.44. The Kier molecular flexibility index (Phi) is 4.37. The van der Waals surface area contributed by atoms with Crippen molar-refractivity contribution in [1.29, 1.82) is 5.41 Å². The van der Waals surface area contributed by atoms with E-state index in [4.69, 9.17) is 17.0 Å². The van der Waals surface area contributed by atoms with Gasteiger partial charge in [0.05, 0.1) is 5.57 Å². The Labute approximate surface area is 143 Å². The molecule has 1 N–H and O–H groups in total. The number of hydrazone groups is 1. The fourth-order valence-corrected chi connectivity index (χ4v) is 3.41. The molecule has 23 heavy (non-hydrogen) atoms. The number of carbonyl (C=O) groups is 1. The molecule has 0 saturated heterocycles. The summed E-state index contributed by atoms with van der Waals surface area (Å²) >= 11 is 7.22. The number of thioether (sulfide) groups is 1. The van der Waals surface area contributed by atoms with Crippen LogP contribution >= 0.6 is 23.4 Å². The normalized spacial score (nSPS) is 19.3. The number of halogens is 1. The van der Waals surface area contributed by atoms with E-state index < -0.39 is 5.91 Å². The van der Waals surface area contributed by atoms with Crippen LogP contribution in [0.25, 0.3) is 6.08 Å². The second kappa shape index (κ2) is 6.29. The summed E-state index contributed by atoms with van der Waals surface area (Å²) in [6.45, 7) is 4.20. The fraction of sp³-hybridized carbons (Fsp3) is 0.250. The van der Waals surface area contributed by atoms with E-state index in [1.807, 2.05) is 0 Å². The van der Waals surface area contributed by atoms with E-state index in [1.165, 1.54) is 16.8 Å². The average molecular weight is 347 g/mol. The highest BCUT2D eigenvalue weighted by Gasteiger charge is 2.35. The predicted octanol–water partition coefficient (Wildman–Crippen LogP) is 4.01. The molecular weight excluding hydrogens is 332 g/mol. The van der Waals surface area contributed by atoms with E-state index in [0.29, 0.717) is 16.1 Å². The highest BCUT2D eigenvalue weighted by molar-refractivity contribution is 8.26. The molecule has 0 aromatic heterocycles. The summed E-state index contributed by atoms with van der Waals surface area (Å²) in [4.78, 5) is 16.3. The van der Waals surface area contributed by atoms with E-state index in [2.05, 4.69) is 23.9 Å². The van der Waals surface area contributed by atoms with Gasteiger partial charge in [-0.3, -0.25) is 10.2 Å². The summed E-state index contributed by atoms with van der Waals surface area (Å²) in [5.74, 6) is 0.100. The first-order valence-electron chi connectivity index (χ1n) is 7.18. The van der Waals surface area contributed by atoms with E-state index >= 15 is 0 Å². The SMILES string of the molecule is CC(C)CC1=NN2C(=N)C(=Cc3ccc(Cl)cc3)C(=O)N=C2S1. The van der Waals surface area contributed by atoms with Crippen molar-refractivity contribution in [1.82, 2.24) is 5.01 Å². The van der Waals surface area contributed by atoms with Crippen LogP contribution in [0.1, 0.15) is 25.8 Å². The minimum absolute atomic E-state index is 0.0567. The summed E-state index contributed by atoms with van der Waals surface area (Å²) in [7, 11) is 0. The molecular formula is C16H15ClN4OS. The molecule has 1 aromatic rings. The number of benzene rings is 1. The van der Waals surface area contributed by atoms with Crippen molar-refractivity contribution < 1.29 is 4.79 Å². The van der Waals surface area contributed by atoms with Crippen molar-refractivity contribution in [2.75, 3.05) is 0 Å². The molecule has 7 heteroatoms. The predicted molar refractivity (Wildman–Crippen MR) is 95.9 cm³/mol. The monoisotopic (exact) mass is 346 g/mol. The maximum Gasteiger partial charge on any atom is 0.283 e. The lowest BCUT2D eigenvalue weighted by Crippen LogP contribution is -2.35. The molecule has 2 heterocycles. The fourth-order valence-electron chi connectivity index (χ4n) is 2.19. The Morgan fingerprint density at radius 2 is 2.04 bits per heavy atom. The largest absolute Gasteiger partial charge is 0.283 e. The standard InChI is InChI=1S/C16H15ClN4OS/c1-9(2)7-13-20-21-14(18)12(15(22)19-16(21)23-13)8-10-3-5-11(17)6-4-10/h3-6,8-9,18H,7H2,1-2H3. The van der Waals surface area contributed by atoms with Gasteiger partial charge < -0.3 is 0 Å². The lowest BCUT2D eigenvalue weighted by molar-refractivity contribution is -0.114. The Hall–Kier alpha value is -1.92. The van der Waals surface area contributed by atoms with Crippen LogP contribution < -0.4 is 0 Å². The number of fused-ring (bicyclic) bond motifs is 1. The van der Waals surface area contributed by atoms with Gasteiger partial charge in [-0.15, -0.1) is 0 Å². The third-order valence-electron chi connectivity index (χ3n) is 3.26. The van der Waals surface area contributed by atoms with Gasteiger partial charge in [0, 0.05) is 11.4 Å². The van der Waals surface area contributed by atoms with Crippen LogP contribution in [-0.4, -0.2) is 27.0 Å². The molecule has 1 aromatic carbocycles. The van der Waals surface area contributed by atoms with Gasteiger partial charge in [0.15, 0.2) is 5.84 Å². The number of rotatable bonds is 3. The van der Waals surface area contributed by atoms with Crippen LogP contribution in [-0.2, 0) is 4.79 Å². The second-order valence-corrected chi connectivity index (χ2v) is 7.14. The highest BCUT2D eigenvalue weighted by atomic mass is 35.5. The van der Waals surface area contributed by atoms with Crippen LogP contribution in [0.4, 0.5) is 0 Å². The lowest BCUT2D eigenvalue weighted by Gasteiger charge is -2.20. The molecule has 3 rings (SSSR count). The summed E-state index contributed by atoms with van der Waals surface area (Å²) in [6, 6.07) is 7.07. The van der Waals surface area contributed by atoms with E-state index in [-0.39, 0.29) is 11.4 Å². The molecule has 0 radical (unpaired) electrons. The maximum absolute atomic E-state index is 12.2. The Bertz CT molecular complexity index is 765.